The second-order valence-corrected chi connectivity index (χ2v) is 8.45. The number of anilines is 2. The molecule has 7 heteroatoms. The molecule has 3 heterocycles. The molecule has 0 saturated carbocycles. The minimum Gasteiger partial charge on any atom is -0.385 e. The van der Waals surface area contributed by atoms with Gasteiger partial charge in [0.2, 0.25) is 0 Å². The number of piperazine rings is 1. The molecule has 1 unspecified atom stereocenters. The summed E-state index contributed by atoms with van der Waals surface area (Å²) in [5, 5.41) is 9.32. The Morgan fingerprint density at radius 2 is 2.17 bits per heavy atom. The predicted molar refractivity (Wildman–Crippen MR) is 118 cm³/mol. The van der Waals surface area contributed by atoms with Gasteiger partial charge in [-0.15, -0.1) is 11.3 Å². The molecule has 0 radical (unpaired) electrons. The minimum absolute atomic E-state index is 0.276. The first-order chi connectivity index (χ1) is 14.2. The average molecular weight is 411 g/mol. The number of rotatable bonds is 3. The number of amidine groups is 1. The molecule has 29 heavy (non-hydrogen) atoms. The maximum absolute atomic E-state index is 14.0. The SMILES string of the molecule is COCCC1CN(C2=Nc3cc(F)ccc3Nc3sc4ccccc4c32)CCN1. The highest BCUT2D eigenvalue weighted by atomic mass is 32.1. The Kier molecular flexibility index (Phi) is 4.95. The molecule has 150 valence electrons. The van der Waals surface area contributed by atoms with Crippen LogP contribution in [0.25, 0.3) is 10.1 Å². The Balaban J connectivity index is 1.63. The maximum Gasteiger partial charge on any atom is 0.140 e. The van der Waals surface area contributed by atoms with Crippen molar-refractivity contribution in [1.82, 2.24) is 10.2 Å². The molecule has 2 N–H and O–H groups in total. The van der Waals surface area contributed by atoms with Crippen LogP contribution >= 0.6 is 11.3 Å². The van der Waals surface area contributed by atoms with Crippen LogP contribution in [0, 0.1) is 5.82 Å². The lowest BCUT2D eigenvalue weighted by Crippen LogP contribution is -2.53. The van der Waals surface area contributed by atoms with Crippen molar-refractivity contribution in [1.29, 1.82) is 0 Å². The van der Waals surface area contributed by atoms with Gasteiger partial charge in [-0.3, -0.25) is 0 Å². The molecule has 0 aliphatic carbocycles. The van der Waals surface area contributed by atoms with E-state index in [0.717, 1.165) is 54.7 Å². The van der Waals surface area contributed by atoms with Crippen molar-refractivity contribution in [2.45, 2.75) is 12.5 Å². The number of aliphatic imine (C=N–C) groups is 1. The molecule has 5 nitrogen and oxygen atoms in total. The number of fused-ring (bicyclic) bond motifs is 4. The highest BCUT2D eigenvalue weighted by molar-refractivity contribution is 7.23. The summed E-state index contributed by atoms with van der Waals surface area (Å²) in [6, 6.07) is 13.5. The van der Waals surface area contributed by atoms with Crippen LogP contribution in [-0.4, -0.2) is 50.1 Å². The number of hydrogen-bond donors (Lipinski definition) is 2. The summed E-state index contributed by atoms with van der Waals surface area (Å²) in [6.07, 6.45) is 0.945. The van der Waals surface area contributed by atoms with Gasteiger partial charge in [0.15, 0.2) is 0 Å². The molecule has 2 aliphatic rings. The van der Waals surface area contributed by atoms with Crippen LogP contribution in [0.2, 0.25) is 0 Å². The summed E-state index contributed by atoms with van der Waals surface area (Å²) in [5.41, 5.74) is 2.58. The summed E-state index contributed by atoms with van der Waals surface area (Å²) < 4.78 is 20.5. The Labute approximate surface area is 173 Å². The van der Waals surface area contributed by atoms with Gasteiger partial charge in [-0.1, -0.05) is 18.2 Å². The fraction of sp³-hybridized carbons (Fsp3) is 0.318. The monoisotopic (exact) mass is 410 g/mol. The van der Waals surface area contributed by atoms with Crippen LogP contribution < -0.4 is 10.6 Å². The van der Waals surface area contributed by atoms with Gasteiger partial charge >= 0.3 is 0 Å². The first-order valence-corrected chi connectivity index (χ1v) is 10.7. The molecular weight excluding hydrogens is 387 g/mol. The second-order valence-electron chi connectivity index (χ2n) is 7.40. The van der Waals surface area contributed by atoms with E-state index < -0.39 is 0 Å². The van der Waals surface area contributed by atoms with Gasteiger partial charge in [-0.2, -0.15) is 0 Å². The van der Waals surface area contributed by atoms with Gasteiger partial charge in [0.05, 0.1) is 16.9 Å². The fourth-order valence-corrected chi connectivity index (χ4v) is 5.16. The number of nitrogens with zero attached hydrogens (tertiary/aromatic N) is 2. The van der Waals surface area contributed by atoms with Crippen molar-refractivity contribution in [3.63, 3.8) is 0 Å². The summed E-state index contributed by atoms with van der Waals surface area (Å²) in [6.45, 7) is 3.31. The standard InChI is InChI=1S/C22H23FN4OS/c1-28-11-8-15-13-27(10-9-24-15)21-20-16-4-2-3-5-19(16)29-22(20)26-17-7-6-14(23)12-18(17)25-21/h2-7,12,15,24,26H,8-11,13H2,1H3. The van der Waals surface area contributed by atoms with Crippen LogP contribution in [0.15, 0.2) is 47.5 Å². The van der Waals surface area contributed by atoms with Crippen LogP contribution in [0.3, 0.4) is 0 Å². The normalized spacial score (nSPS) is 18.6. The number of methoxy groups -OCH3 is 1. The smallest absolute Gasteiger partial charge is 0.140 e. The first kappa shape index (κ1) is 18.5. The van der Waals surface area contributed by atoms with Gasteiger partial charge in [0.25, 0.3) is 0 Å². The van der Waals surface area contributed by atoms with Crippen LogP contribution in [-0.2, 0) is 4.74 Å². The molecule has 1 fully saturated rings. The quantitative estimate of drug-likeness (QED) is 0.668. The highest BCUT2D eigenvalue weighted by Gasteiger charge is 2.29. The van der Waals surface area contributed by atoms with Crippen molar-refractivity contribution in [2.24, 2.45) is 4.99 Å². The van der Waals surface area contributed by atoms with E-state index in [0.29, 0.717) is 11.7 Å². The lowest BCUT2D eigenvalue weighted by molar-refractivity contribution is 0.168. The van der Waals surface area contributed by atoms with Gasteiger partial charge in [0.1, 0.15) is 16.7 Å². The number of ether oxygens (including phenoxy) is 1. The largest absolute Gasteiger partial charge is 0.385 e. The number of hydrogen-bond acceptors (Lipinski definition) is 6. The zero-order chi connectivity index (χ0) is 19.8. The first-order valence-electron chi connectivity index (χ1n) is 9.87. The van der Waals surface area contributed by atoms with E-state index in [1.807, 2.05) is 0 Å². The Morgan fingerprint density at radius 3 is 3.07 bits per heavy atom. The molecule has 0 spiro atoms. The van der Waals surface area contributed by atoms with Crippen molar-refractivity contribution >= 4 is 43.6 Å². The molecule has 1 saturated heterocycles. The summed E-state index contributed by atoms with van der Waals surface area (Å²) >= 11 is 1.72. The third-order valence-corrected chi connectivity index (χ3v) is 6.57. The van der Waals surface area contributed by atoms with E-state index in [1.165, 1.54) is 22.2 Å². The molecule has 2 aromatic carbocycles. The number of nitrogens with one attached hydrogen (secondary N) is 2. The number of thiophene rings is 1. The highest BCUT2D eigenvalue weighted by Crippen LogP contribution is 2.43. The molecule has 0 bridgehead atoms. The van der Waals surface area contributed by atoms with Gasteiger partial charge < -0.3 is 20.3 Å². The van der Waals surface area contributed by atoms with E-state index in [-0.39, 0.29) is 5.82 Å². The van der Waals surface area contributed by atoms with Crippen molar-refractivity contribution in [3.05, 3.63) is 53.8 Å². The van der Waals surface area contributed by atoms with Crippen molar-refractivity contribution in [3.8, 4) is 0 Å². The molecule has 0 amide bonds. The van der Waals surface area contributed by atoms with E-state index in [2.05, 4.69) is 39.8 Å². The summed E-state index contributed by atoms with van der Waals surface area (Å²) in [4.78, 5) is 7.32. The Hall–Kier alpha value is -2.48. The maximum atomic E-state index is 14.0. The third kappa shape index (κ3) is 3.50. The molecular formula is C22H23FN4OS. The molecule has 3 aromatic rings. The molecule has 1 atom stereocenters. The van der Waals surface area contributed by atoms with Gasteiger partial charge in [0, 0.05) is 55.5 Å². The van der Waals surface area contributed by atoms with Gasteiger partial charge in [-0.05, 0) is 24.6 Å². The van der Waals surface area contributed by atoms with Gasteiger partial charge in [-0.25, -0.2) is 9.38 Å². The lowest BCUT2D eigenvalue weighted by atomic mass is 10.1. The zero-order valence-corrected chi connectivity index (χ0v) is 17.1. The van der Waals surface area contributed by atoms with E-state index in [9.17, 15) is 4.39 Å². The van der Waals surface area contributed by atoms with Crippen molar-refractivity contribution in [2.75, 3.05) is 38.7 Å². The molecule has 2 aliphatic heterocycles. The van der Waals surface area contributed by atoms with Crippen LogP contribution in [0.5, 0.6) is 0 Å². The zero-order valence-electron chi connectivity index (χ0n) is 16.2. The lowest BCUT2D eigenvalue weighted by Gasteiger charge is -2.35. The van der Waals surface area contributed by atoms with E-state index in [4.69, 9.17) is 9.73 Å². The fourth-order valence-electron chi connectivity index (χ4n) is 4.05. The predicted octanol–water partition coefficient (Wildman–Crippen LogP) is 4.49. The van der Waals surface area contributed by atoms with Crippen LogP contribution in [0.1, 0.15) is 12.0 Å². The Bertz CT molecular complexity index is 1080. The summed E-state index contributed by atoms with van der Waals surface area (Å²) in [7, 11) is 1.73. The topological polar surface area (TPSA) is 48.9 Å². The van der Waals surface area contributed by atoms with Crippen molar-refractivity contribution < 1.29 is 9.13 Å². The van der Waals surface area contributed by atoms with Crippen LogP contribution in [0.4, 0.5) is 20.8 Å². The van der Waals surface area contributed by atoms with E-state index >= 15 is 0 Å². The van der Waals surface area contributed by atoms with E-state index in [1.54, 1.807) is 24.5 Å². The number of halogens is 1. The Morgan fingerprint density at radius 1 is 1.28 bits per heavy atom. The molecule has 1 aromatic heterocycles. The number of benzene rings is 2. The average Bonchev–Trinajstić information content (AvgIpc) is 3.02. The second kappa shape index (κ2) is 7.74. The minimum atomic E-state index is -0.276. The third-order valence-electron chi connectivity index (χ3n) is 5.48. The molecule has 5 rings (SSSR count). The summed E-state index contributed by atoms with van der Waals surface area (Å²) in [5.74, 6) is 0.639.